The predicted octanol–water partition coefficient (Wildman–Crippen LogP) is 4.55. The van der Waals surface area contributed by atoms with E-state index in [0.29, 0.717) is 17.1 Å². The van der Waals surface area contributed by atoms with Crippen molar-refractivity contribution >= 4 is 34.8 Å². The summed E-state index contributed by atoms with van der Waals surface area (Å²) in [5, 5.41) is 6.33. The van der Waals surface area contributed by atoms with Crippen molar-refractivity contribution in [2.24, 2.45) is 15.8 Å². The zero-order valence-electron chi connectivity index (χ0n) is 18.1. The monoisotopic (exact) mass is 423 g/mol. The first-order valence-corrected chi connectivity index (χ1v) is 11.1. The molecule has 3 rings (SSSR count). The number of hydrogen-bond donors (Lipinski definition) is 1. The van der Waals surface area contributed by atoms with Gasteiger partial charge in [0.1, 0.15) is 11.4 Å². The van der Waals surface area contributed by atoms with Gasteiger partial charge in [-0.2, -0.15) is 5.10 Å². The topological polar surface area (TPSA) is 66.5 Å². The van der Waals surface area contributed by atoms with Crippen molar-refractivity contribution in [3.63, 3.8) is 0 Å². The normalized spacial score (nSPS) is 14.0. The molecule has 0 amide bonds. The second-order valence-corrected chi connectivity index (χ2v) is 7.95. The lowest BCUT2D eigenvalue weighted by molar-refractivity contribution is 0.318. The highest BCUT2D eigenvalue weighted by molar-refractivity contribution is 7.98. The summed E-state index contributed by atoms with van der Waals surface area (Å²) in [5.74, 6) is 0.952. The summed E-state index contributed by atoms with van der Waals surface area (Å²) in [4.78, 5) is 8.11. The van der Waals surface area contributed by atoms with E-state index in [1.807, 2.05) is 25.1 Å². The molecule has 0 atom stereocenters. The number of guanidine groups is 1. The van der Waals surface area contributed by atoms with E-state index in [4.69, 9.17) is 15.6 Å². The third-order valence-corrected chi connectivity index (χ3v) is 5.71. The van der Waals surface area contributed by atoms with E-state index >= 15 is 0 Å². The van der Waals surface area contributed by atoms with Crippen LogP contribution < -0.4 is 10.5 Å². The first-order chi connectivity index (χ1) is 14.5. The lowest BCUT2D eigenvalue weighted by Gasteiger charge is -2.28. The molecule has 1 aliphatic rings. The number of rotatable bonds is 8. The molecule has 2 N–H and O–H groups in total. The van der Waals surface area contributed by atoms with Gasteiger partial charge >= 0.3 is 0 Å². The molecular formula is C23H29N5OS. The van der Waals surface area contributed by atoms with Crippen LogP contribution in [0.5, 0.6) is 5.75 Å². The molecule has 0 saturated carbocycles. The van der Waals surface area contributed by atoms with Crippen molar-refractivity contribution < 1.29 is 4.74 Å². The molecule has 158 valence electrons. The summed E-state index contributed by atoms with van der Waals surface area (Å²) < 4.78 is 5.40. The van der Waals surface area contributed by atoms with Gasteiger partial charge in [-0.1, -0.05) is 37.8 Å². The number of methoxy groups -OCH3 is 1. The average Bonchev–Trinajstić information content (AvgIpc) is 2.76. The molecule has 0 fully saturated rings. The fourth-order valence-electron chi connectivity index (χ4n) is 3.36. The van der Waals surface area contributed by atoms with Gasteiger partial charge in [0, 0.05) is 29.3 Å². The number of nitrogens with zero attached hydrogens (tertiary/aromatic N) is 4. The second-order valence-electron chi connectivity index (χ2n) is 7.07. The standard InChI is InChI=1S/C23H29N5OS/c1-6-27(15-18-10-12-19(30-5)13-11-18)14-16(2)26-28-17(3)20-8-7-9-21(29-4)22(20)25-23(28)24/h7-13H,3,6,14-15H2,1-2,4-5H3,(H2,24,25)/b26-16+. The molecule has 0 unspecified atom stereocenters. The van der Waals surface area contributed by atoms with Crippen LogP contribution in [0.15, 0.2) is 64.0 Å². The quantitative estimate of drug-likeness (QED) is 0.498. The fourth-order valence-corrected chi connectivity index (χ4v) is 3.76. The lowest BCUT2D eigenvalue weighted by atomic mass is 10.1. The third-order valence-electron chi connectivity index (χ3n) is 4.96. The van der Waals surface area contributed by atoms with E-state index in [1.54, 1.807) is 23.9 Å². The number of aliphatic imine (C=N–C) groups is 1. The Hall–Kier alpha value is -2.77. The minimum absolute atomic E-state index is 0.284. The molecular weight excluding hydrogens is 394 g/mol. The minimum atomic E-state index is 0.284. The van der Waals surface area contributed by atoms with Crippen LogP contribution in [-0.2, 0) is 6.54 Å². The van der Waals surface area contributed by atoms with Gasteiger partial charge in [-0.05, 0) is 43.5 Å². The molecule has 0 aromatic heterocycles. The highest BCUT2D eigenvalue weighted by atomic mass is 32.2. The van der Waals surface area contributed by atoms with Crippen LogP contribution in [-0.4, -0.2) is 48.0 Å². The number of hydrogen-bond acceptors (Lipinski definition) is 7. The Labute approximate surface area is 183 Å². The van der Waals surface area contributed by atoms with Crippen LogP contribution in [0.25, 0.3) is 5.70 Å². The Kier molecular flexibility index (Phi) is 7.18. The number of thioether (sulfide) groups is 1. The molecule has 30 heavy (non-hydrogen) atoms. The Balaban J connectivity index is 1.74. The SMILES string of the molecule is C=C1c2cccc(OC)c2N=C(N)N1/N=C(\C)CN(CC)Cc1ccc(SC)cc1. The number of nitrogens with two attached hydrogens (primary N) is 1. The smallest absolute Gasteiger partial charge is 0.222 e. The van der Waals surface area contributed by atoms with Crippen molar-refractivity contribution in [2.45, 2.75) is 25.3 Å². The molecule has 2 aromatic carbocycles. The Morgan fingerprint density at radius 3 is 2.63 bits per heavy atom. The van der Waals surface area contributed by atoms with Crippen LogP contribution in [0.3, 0.4) is 0 Å². The van der Waals surface area contributed by atoms with Crippen molar-refractivity contribution in [3.8, 4) is 5.75 Å². The lowest BCUT2D eigenvalue weighted by Crippen LogP contribution is -2.36. The van der Waals surface area contributed by atoms with Crippen LogP contribution in [0, 0.1) is 0 Å². The van der Waals surface area contributed by atoms with Crippen molar-refractivity contribution in [2.75, 3.05) is 26.5 Å². The van der Waals surface area contributed by atoms with Crippen LogP contribution in [0.4, 0.5) is 5.69 Å². The summed E-state index contributed by atoms with van der Waals surface area (Å²) in [7, 11) is 1.62. The highest BCUT2D eigenvalue weighted by Gasteiger charge is 2.24. The molecule has 0 aliphatic carbocycles. The van der Waals surface area contributed by atoms with Gasteiger partial charge in [0.2, 0.25) is 5.96 Å². The molecule has 6 nitrogen and oxygen atoms in total. The number of hydrazone groups is 1. The zero-order valence-corrected chi connectivity index (χ0v) is 18.9. The van der Waals surface area contributed by atoms with E-state index in [1.165, 1.54) is 10.5 Å². The molecule has 0 bridgehead atoms. The number of fused-ring (bicyclic) bond motifs is 1. The van der Waals surface area contributed by atoms with Gasteiger partial charge in [0.15, 0.2) is 0 Å². The summed E-state index contributed by atoms with van der Waals surface area (Å²) in [6.07, 6.45) is 2.09. The van der Waals surface area contributed by atoms with E-state index in [9.17, 15) is 0 Å². The summed E-state index contributed by atoms with van der Waals surface area (Å²) in [6.45, 7) is 10.8. The molecule has 1 aliphatic heterocycles. The maximum atomic E-state index is 6.21. The zero-order chi connectivity index (χ0) is 21.7. The molecule has 0 saturated heterocycles. The second kappa shape index (κ2) is 9.82. The average molecular weight is 424 g/mol. The Bertz CT molecular complexity index is 968. The summed E-state index contributed by atoms with van der Waals surface area (Å²) in [6, 6.07) is 14.4. The Morgan fingerprint density at radius 1 is 1.27 bits per heavy atom. The van der Waals surface area contributed by atoms with Crippen LogP contribution >= 0.6 is 11.8 Å². The first kappa shape index (κ1) is 21.9. The van der Waals surface area contributed by atoms with Gasteiger partial charge in [-0.15, -0.1) is 11.8 Å². The van der Waals surface area contributed by atoms with Gasteiger partial charge in [-0.3, -0.25) is 4.90 Å². The molecule has 0 spiro atoms. The third kappa shape index (κ3) is 4.86. The largest absolute Gasteiger partial charge is 0.494 e. The van der Waals surface area contributed by atoms with Crippen LogP contribution in [0.1, 0.15) is 25.0 Å². The highest BCUT2D eigenvalue weighted by Crippen LogP contribution is 2.39. The van der Waals surface area contributed by atoms with Gasteiger partial charge in [-0.25, -0.2) is 10.0 Å². The number of para-hydroxylation sites is 1. The van der Waals surface area contributed by atoms with E-state index in [2.05, 4.69) is 53.9 Å². The van der Waals surface area contributed by atoms with Crippen molar-refractivity contribution in [1.82, 2.24) is 9.91 Å². The first-order valence-electron chi connectivity index (χ1n) is 9.86. The summed E-state index contributed by atoms with van der Waals surface area (Å²) in [5.41, 5.74) is 10.7. The van der Waals surface area contributed by atoms with Crippen molar-refractivity contribution in [1.29, 1.82) is 0 Å². The Morgan fingerprint density at radius 2 is 2.00 bits per heavy atom. The van der Waals surface area contributed by atoms with Crippen molar-refractivity contribution in [3.05, 3.63) is 60.2 Å². The maximum absolute atomic E-state index is 6.21. The van der Waals surface area contributed by atoms with E-state index < -0.39 is 0 Å². The van der Waals surface area contributed by atoms with Gasteiger partial charge in [0.05, 0.1) is 12.8 Å². The summed E-state index contributed by atoms with van der Waals surface area (Å²) >= 11 is 1.75. The minimum Gasteiger partial charge on any atom is -0.494 e. The molecule has 0 radical (unpaired) electrons. The van der Waals surface area contributed by atoms with Crippen LogP contribution in [0.2, 0.25) is 0 Å². The number of ether oxygens (including phenoxy) is 1. The fraction of sp³-hybridized carbons (Fsp3) is 0.304. The molecule has 7 heteroatoms. The molecule has 2 aromatic rings. The number of benzene rings is 2. The maximum Gasteiger partial charge on any atom is 0.222 e. The molecule has 1 heterocycles. The van der Waals surface area contributed by atoms with E-state index in [0.717, 1.165) is 30.9 Å². The predicted molar refractivity (Wildman–Crippen MR) is 127 cm³/mol. The van der Waals surface area contributed by atoms with E-state index in [-0.39, 0.29) is 5.96 Å². The van der Waals surface area contributed by atoms with Gasteiger partial charge < -0.3 is 10.5 Å². The van der Waals surface area contributed by atoms with Gasteiger partial charge in [0.25, 0.3) is 0 Å².